The van der Waals surface area contributed by atoms with Crippen LogP contribution < -0.4 is 5.32 Å². The summed E-state index contributed by atoms with van der Waals surface area (Å²) in [4.78, 5) is 19.8. The van der Waals surface area contributed by atoms with Crippen LogP contribution in [0.3, 0.4) is 0 Å². The molecule has 4 atom stereocenters. The molecule has 29 heavy (non-hydrogen) atoms. The minimum atomic E-state index is -0.487. The summed E-state index contributed by atoms with van der Waals surface area (Å²) in [5, 5.41) is 18.5. The summed E-state index contributed by atoms with van der Waals surface area (Å²) in [7, 11) is 0. The van der Waals surface area contributed by atoms with Gasteiger partial charge in [0.2, 0.25) is 5.91 Å². The highest BCUT2D eigenvalue weighted by Gasteiger charge is 2.49. The number of hydrogen-bond donors (Lipinski definition) is 2. The van der Waals surface area contributed by atoms with Gasteiger partial charge in [-0.1, -0.05) is 31.0 Å². The molecule has 1 aromatic carbocycles. The normalized spacial score (nSPS) is 30.9. The highest BCUT2D eigenvalue weighted by atomic mass is 16.3. The average Bonchev–Trinajstić information content (AvgIpc) is 3.48. The number of para-hydroxylation sites is 1. The van der Waals surface area contributed by atoms with E-state index in [4.69, 9.17) is 0 Å². The lowest BCUT2D eigenvalue weighted by molar-refractivity contribution is -0.135. The summed E-state index contributed by atoms with van der Waals surface area (Å²) in [5.74, 6) is 1.01. The Labute approximate surface area is 171 Å². The molecular weight excluding hydrogens is 366 g/mol. The SMILES string of the molecule is O=C(N1C[C@H]2C[C@@H](n3cncn3)[C@H](O)C[C@H]2C1)C1(Nc2ccccc2)CCCC1. The van der Waals surface area contributed by atoms with Crippen LogP contribution in [0.4, 0.5) is 5.69 Å². The predicted octanol–water partition coefficient (Wildman–Crippen LogP) is 2.47. The lowest BCUT2D eigenvalue weighted by Crippen LogP contribution is -2.51. The van der Waals surface area contributed by atoms with Crippen molar-refractivity contribution < 1.29 is 9.90 Å². The summed E-state index contributed by atoms with van der Waals surface area (Å²) >= 11 is 0. The standard InChI is InChI=1S/C22H29N5O2/c28-20-11-17-13-26(12-16(17)10-19(20)27-15-23-14-24-27)21(29)22(8-4-5-9-22)25-18-6-2-1-3-7-18/h1-3,6-7,14-17,19-20,25,28H,4-5,8-13H2/t16-,17+,19-,20-/m1/s1. The Morgan fingerprint density at radius 3 is 2.52 bits per heavy atom. The maximum atomic E-state index is 13.7. The van der Waals surface area contributed by atoms with Gasteiger partial charge >= 0.3 is 0 Å². The number of hydrogen-bond acceptors (Lipinski definition) is 5. The number of fused-ring (bicyclic) bond motifs is 1. The molecule has 2 heterocycles. The number of carbonyl (C=O) groups is 1. The molecule has 1 aliphatic heterocycles. The van der Waals surface area contributed by atoms with Crippen LogP contribution in [0.2, 0.25) is 0 Å². The summed E-state index contributed by atoms with van der Waals surface area (Å²) in [6.07, 6.45) is 8.27. The van der Waals surface area contributed by atoms with Gasteiger partial charge in [-0.3, -0.25) is 4.79 Å². The fourth-order valence-corrected chi connectivity index (χ4v) is 5.72. The van der Waals surface area contributed by atoms with Crippen LogP contribution in [0.25, 0.3) is 0 Å². The zero-order valence-electron chi connectivity index (χ0n) is 16.7. The lowest BCUT2D eigenvalue weighted by atomic mass is 9.77. The molecule has 0 bridgehead atoms. The van der Waals surface area contributed by atoms with E-state index >= 15 is 0 Å². The van der Waals surface area contributed by atoms with E-state index in [9.17, 15) is 9.90 Å². The second kappa shape index (κ2) is 7.44. The Bertz CT molecular complexity index is 834. The number of benzene rings is 1. The first-order valence-corrected chi connectivity index (χ1v) is 10.8. The van der Waals surface area contributed by atoms with Crippen molar-refractivity contribution in [1.82, 2.24) is 19.7 Å². The number of amides is 1. The van der Waals surface area contributed by atoms with E-state index < -0.39 is 11.6 Å². The third-order valence-electron chi connectivity index (χ3n) is 7.20. The van der Waals surface area contributed by atoms with Crippen LogP contribution in [-0.2, 0) is 4.79 Å². The molecule has 2 aromatic rings. The first kappa shape index (κ1) is 18.6. The molecule has 0 unspecified atom stereocenters. The Hall–Kier alpha value is -2.41. The van der Waals surface area contributed by atoms with Gasteiger partial charge in [-0.25, -0.2) is 9.67 Å². The van der Waals surface area contributed by atoms with Crippen LogP contribution in [0.5, 0.6) is 0 Å². The number of nitrogens with zero attached hydrogens (tertiary/aromatic N) is 4. The third kappa shape index (κ3) is 3.41. The van der Waals surface area contributed by atoms with Gasteiger partial charge in [0.15, 0.2) is 0 Å². The number of likely N-dealkylation sites (tertiary alicyclic amines) is 1. The molecule has 0 radical (unpaired) electrons. The fraction of sp³-hybridized carbons (Fsp3) is 0.591. The van der Waals surface area contributed by atoms with Crippen molar-refractivity contribution in [3.05, 3.63) is 43.0 Å². The molecule has 2 N–H and O–H groups in total. The van der Waals surface area contributed by atoms with E-state index in [1.807, 2.05) is 30.3 Å². The van der Waals surface area contributed by atoms with E-state index in [1.54, 1.807) is 11.0 Å². The fourth-order valence-electron chi connectivity index (χ4n) is 5.72. The van der Waals surface area contributed by atoms with Crippen molar-refractivity contribution in [2.75, 3.05) is 18.4 Å². The third-order valence-corrected chi connectivity index (χ3v) is 7.20. The van der Waals surface area contributed by atoms with Crippen LogP contribution in [0.15, 0.2) is 43.0 Å². The van der Waals surface area contributed by atoms with Crippen LogP contribution in [0, 0.1) is 11.8 Å². The first-order chi connectivity index (χ1) is 14.1. The molecular formula is C22H29N5O2. The second-order valence-electron chi connectivity index (χ2n) is 8.99. The minimum absolute atomic E-state index is 0.0447. The van der Waals surface area contributed by atoms with Crippen molar-refractivity contribution in [3.63, 3.8) is 0 Å². The lowest BCUT2D eigenvalue weighted by Gasteiger charge is -2.34. The Balaban J connectivity index is 1.32. The van der Waals surface area contributed by atoms with E-state index in [1.165, 1.54) is 6.33 Å². The van der Waals surface area contributed by atoms with Gasteiger partial charge in [0.1, 0.15) is 18.2 Å². The molecule has 1 aromatic heterocycles. The van der Waals surface area contributed by atoms with Crippen molar-refractivity contribution in [2.24, 2.45) is 11.8 Å². The van der Waals surface area contributed by atoms with E-state index in [-0.39, 0.29) is 11.9 Å². The molecule has 5 rings (SSSR count). The van der Waals surface area contributed by atoms with Gasteiger partial charge in [0, 0.05) is 18.8 Å². The second-order valence-corrected chi connectivity index (χ2v) is 8.99. The minimum Gasteiger partial charge on any atom is -0.391 e. The van der Waals surface area contributed by atoms with Crippen molar-refractivity contribution in [2.45, 2.75) is 56.2 Å². The highest BCUT2D eigenvalue weighted by Crippen LogP contribution is 2.43. The molecule has 7 heteroatoms. The van der Waals surface area contributed by atoms with Crippen molar-refractivity contribution in [1.29, 1.82) is 0 Å². The number of aromatic nitrogens is 3. The topological polar surface area (TPSA) is 83.3 Å². The number of aliphatic hydroxyl groups excluding tert-OH is 1. The largest absolute Gasteiger partial charge is 0.391 e. The number of carbonyl (C=O) groups excluding carboxylic acids is 1. The molecule has 3 fully saturated rings. The molecule has 3 aliphatic rings. The Morgan fingerprint density at radius 2 is 1.83 bits per heavy atom. The summed E-state index contributed by atoms with van der Waals surface area (Å²) in [6, 6.07) is 10.0. The Morgan fingerprint density at radius 1 is 1.10 bits per heavy atom. The molecule has 0 spiro atoms. The molecule has 1 saturated heterocycles. The summed E-state index contributed by atoms with van der Waals surface area (Å²) < 4.78 is 1.78. The van der Waals surface area contributed by atoms with Gasteiger partial charge in [-0.2, -0.15) is 5.10 Å². The van der Waals surface area contributed by atoms with Crippen LogP contribution in [0.1, 0.15) is 44.6 Å². The first-order valence-electron chi connectivity index (χ1n) is 10.8. The van der Waals surface area contributed by atoms with Gasteiger partial charge in [0.05, 0.1) is 12.1 Å². The van der Waals surface area contributed by atoms with E-state index in [0.29, 0.717) is 11.8 Å². The Kier molecular flexibility index (Phi) is 4.78. The van der Waals surface area contributed by atoms with Crippen LogP contribution >= 0.6 is 0 Å². The van der Waals surface area contributed by atoms with Crippen LogP contribution in [-0.4, -0.2) is 55.4 Å². The number of aliphatic hydroxyl groups is 1. The summed E-state index contributed by atoms with van der Waals surface area (Å²) in [6.45, 7) is 1.53. The average molecular weight is 396 g/mol. The number of anilines is 1. The molecule has 2 saturated carbocycles. The molecule has 7 nitrogen and oxygen atoms in total. The van der Waals surface area contributed by atoms with Crippen molar-refractivity contribution >= 4 is 11.6 Å². The van der Waals surface area contributed by atoms with E-state index in [0.717, 1.165) is 57.3 Å². The molecule has 2 aliphatic carbocycles. The number of nitrogens with one attached hydrogen (secondary N) is 1. The monoisotopic (exact) mass is 395 g/mol. The maximum Gasteiger partial charge on any atom is 0.248 e. The van der Waals surface area contributed by atoms with Crippen molar-refractivity contribution in [3.8, 4) is 0 Å². The quantitative estimate of drug-likeness (QED) is 0.831. The number of rotatable bonds is 4. The molecule has 1 amide bonds. The van der Waals surface area contributed by atoms with Gasteiger partial charge in [-0.05, 0) is 49.7 Å². The van der Waals surface area contributed by atoms with E-state index in [2.05, 4.69) is 20.3 Å². The predicted molar refractivity (Wildman–Crippen MR) is 109 cm³/mol. The zero-order chi connectivity index (χ0) is 19.8. The van der Waals surface area contributed by atoms with Gasteiger partial charge < -0.3 is 15.3 Å². The smallest absolute Gasteiger partial charge is 0.248 e. The zero-order valence-corrected chi connectivity index (χ0v) is 16.7. The summed E-state index contributed by atoms with van der Waals surface area (Å²) in [5.41, 5.74) is 0.528. The highest BCUT2D eigenvalue weighted by molar-refractivity contribution is 5.90. The maximum absolute atomic E-state index is 13.7. The molecule has 154 valence electrons. The van der Waals surface area contributed by atoms with Gasteiger partial charge in [0.25, 0.3) is 0 Å². The van der Waals surface area contributed by atoms with Gasteiger partial charge in [-0.15, -0.1) is 0 Å².